The summed E-state index contributed by atoms with van der Waals surface area (Å²) in [6.45, 7) is 0. The summed E-state index contributed by atoms with van der Waals surface area (Å²) in [6, 6.07) is 20.5. The van der Waals surface area contributed by atoms with Crippen molar-refractivity contribution in [3.05, 3.63) is 90.4 Å². The van der Waals surface area contributed by atoms with Crippen LogP contribution in [0.2, 0.25) is 0 Å². The summed E-state index contributed by atoms with van der Waals surface area (Å²) in [7, 11) is 0. The summed E-state index contributed by atoms with van der Waals surface area (Å²) >= 11 is 0. The average Bonchev–Trinajstić information content (AvgIpc) is 3.16. The van der Waals surface area contributed by atoms with Crippen molar-refractivity contribution in [2.24, 2.45) is 0 Å². The van der Waals surface area contributed by atoms with Gasteiger partial charge in [0.05, 0.1) is 11.8 Å². The molecule has 1 heterocycles. The molecule has 0 unspecified atom stereocenters. The van der Waals surface area contributed by atoms with Gasteiger partial charge in [-0.3, -0.25) is 0 Å². The molecular formula is C21H13FO3. The summed E-state index contributed by atoms with van der Waals surface area (Å²) in [5, 5.41) is 1.64. The van der Waals surface area contributed by atoms with E-state index in [-0.39, 0.29) is 5.56 Å². The highest BCUT2D eigenvalue weighted by Gasteiger charge is 2.17. The minimum atomic E-state index is -0.736. The van der Waals surface area contributed by atoms with Gasteiger partial charge >= 0.3 is 5.97 Å². The number of carbonyl (C=O) groups excluding carboxylic acids is 1. The van der Waals surface area contributed by atoms with E-state index in [0.717, 1.165) is 16.3 Å². The lowest BCUT2D eigenvalue weighted by Gasteiger charge is -2.11. The van der Waals surface area contributed by atoms with Crippen molar-refractivity contribution >= 4 is 16.7 Å². The van der Waals surface area contributed by atoms with Gasteiger partial charge in [0.2, 0.25) is 0 Å². The zero-order valence-electron chi connectivity index (χ0n) is 13.1. The van der Waals surface area contributed by atoms with Gasteiger partial charge < -0.3 is 9.15 Å². The third kappa shape index (κ3) is 2.78. The van der Waals surface area contributed by atoms with Crippen LogP contribution in [0.3, 0.4) is 0 Å². The molecule has 0 bridgehead atoms. The minimum Gasteiger partial charge on any atom is -0.464 e. The number of rotatable bonds is 3. The topological polar surface area (TPSA) is 39.4 Å². The fraction of sp³-hybridized carbons (Fsp3) is 0. The SMILES string of the molecule is O=C(Oc1cccc2cccc(-c3ccco3)c12)c1ccccc1F. The molecule has 0 atom stereocenters. The van der Waals surface area contributed by atoms with Crippen LogP contribution in [-0.2, 0) is 0 Å². The van der Waals surface area contributed by atoms with E-state index in [4.69, 9.17) is 9.15 Å². The van der Waals surface area contributed by atoms with Gasteiger partial charge in [0.15, 0.2) is 0 Å². The van der Waals surface area contributed by atoms with Crippen molar-refractivity contribution in [2.45, 2.75) is 0 Å². The molecule has 122 valence electrons. The largest absolute Gasteiger partial charge is 0.464 e. The van der Waals surface area contributed by atoms with Crippen molar-refractivity contribution < 1.29 is 18.3 Å². The van der Waals surface area contributed by atoms with Crippen LogP contribution in [0, 0.1) is 5.82 Å². The first-order valence-electron chi connectivity index (χ1n) is 7.76. The summed E-state index contributed by atoms with van der Waals surface area (Å²) in [5.74, 6) is -0.323. The van der Waals surface area contributed by atoms with Crippen molar-refractivity contribution in [2.75, 3.05) is 0 Å². The van der Waals surface area contributed by atoms with E-state index in [1.54, 1.807) is 30.5 Å². The molecule has 3 aromatic carbocycles. The number of esters is 1. The van der Waals surface area contributed by atoms with E-state index < -0.39 is 11.8 Å². The molecule has 1 aromatic heterocycles. The molecule has 4 aromatic rings. The van der Waals surface area contributed by atoms with Gasteiger partial charge in [0.25, 0.3) is 0 Å². The molecule has 0 aliphatic rings. The number of carbonyl (C=O) groups is 1. The molecule has 25 heavy (non-hydrogen) atoms. The van der Waals surface area contributed by atoms with Crippen LogP contribution in [0.1, 0.15) is 10.4 Å². The van der Waals surface area contributed by atoms with Gasteiger partial charge in [-0.05, 0) is 35.7 Å². The smallest absolute Gasteiger partial charge is 0.346 e. The Morgan fingerprint density at radius 1 is 0.880 bits per heavy atom. The maximum absolute atomic E-state index is 13.8. The van der Waals surface area contributed by atoms with Gasteiger partial charge in [-0.25, -0.2) is 9.18 Å². The van der Waals surface area contributed by atoms with Crippen LogP contribution in [0.25, 0.3) is 22.1 Å². The quantitative estimate of drug-likeness (QED) is 0.369. The summed E-state index contributed by atoms with van der Waals surface area (Å²) < 4.78 is 24.8. The fourth-order valence-corrected chi connectivity index (χ4v) is 2.81. The summed E-state index contributed by atoms with van der Waals surface area (Å²) in [4.78, 5) is 12.4. The third-order valence-corrected chi connectivity index (χ3v) is 3.95. The van der Waals surface area contributed by atoms with E-state index in [1.807, 2.05) is 30.3 Å². The monoisotopic (exact) mass is 332 g/mol. The molecular weight excluding hydrogens is 319 g/mol. The summed E-state index contributed by atoms with van der Waals surface area (Å²) in [6.07, 6.45) is 1.59. The van der Waals surface area contributed by atoms with Gasteiger partial charge in [-0.2, -0.15) is 0 Å². The predicted molar refractivity (Wildman–Crippen MR) is 93.0 cm³/mol. The molecule has 0 N–H and O–H groups in total. The molecule has 0 amide bonds. The first-order chi connectivity index (χ1) is 12.2. The Morgan fingerprint density at radius 2 is 1.68 bits per heavy atom. The second-order valence-corrected chi connectivity index (χ2v) is 5.51. The Kier molecular flexibility index (Phi) is 3.78. The third-order valence-electron chi connectivity index (χ3n) is 3.95. The van der Waals surface area contributed by atoms with E-state index in [0.29, 0.717) is 11.5 Å². The second-order valence-electron chi connectivity index (χ2n) is 5.51. The molecule has 0 aliphatic carbocycles. The lowest BCUT2D eigenvalue weighted by Crippen LogP contribution is -2.10. The van der Waals surface area contributed by atoms with Crippen molar-refractivity contribution in [1.29, 1.82) is 0 Å². The normalized spacial score (nSPS) is 10.8. The Labute approximate surface area is 143 Å². The number of hydrogen-bond donors (Lipinski definition) is 0. The zero-order valence-corrected chi connectivity index (χ0v) is 13.1. The predicted octanol–water partition coefficient (Wildman–Crippen LogP) is 5.46. The summed E-state index contributed by atoms with van der Waals surface area (Å²) in [5.41, 5.74) is 0.703. The Bertz CT molecular complexity index is 1050. The second kappa shape index (κ2) is 6.24. The van der Waals surface area contributed by atoms with Crippen LogP contribution in [-0.4, -0.2) is 5.97 Å². The minimum absolute atomic E-state index is 0.102. The van der Waals surface area contributed by atoms with Crippen LogP contribution < -0.4 is 4.74 Å². The number of ether oxygens (including phenoxy) is 1. The highest BCUT2D eigenvalue weighted by molar-refractivity contribution is 6.02. The number of furan rings is 1. The van der Waals surface area contributed by atoms with Crippen LogP contribution >= 0.6 is 0 Å². The van der Waals surface area contributed by atoms with E-state index >= 15 is 0 Å². The Balaban J connectivity index is 1.83. The lowest BCUT2D eigenvalue weighted by molar-refractivity contribution is 0.0732. The number of fused-ring (bicyclic) bond motifs is 1. The molecule has 0 radical (unpaired) electrons. The lowest BCUT2D eigenvalue weighted by atomic mass is 10.0. The van der Waals surface area contributed by atoms with Gasteiger partial charge in [0.1, 0.15) is 17.3 Å². The highest BCUT2D eigenvalue weighted by atomic mass is 19.1. The number of hydrogen-bond acceptors (Lipinski definition) is 3. The first-order valence-corrected chi connectivity index (χ1v) is 7.76. The zero-order chi connectivity index (χ0) is 17.2. The fourth-order valence-electron chi connectivity index (χ4n) is 2.81. The van der Waals surface area contributed by atoms with E-state index in [2.05, 4.69) is 0 Å². The van der Waals surface area contributed by atoms with Gasteiger partial charge in [-0.15, -0.1) is 0 Å². The van der Waals surface area contributed by atoms with Crippen LogP contribution in [0.15, 0.2) is 83.5 Å². The molecule has 4 rings (SSSR count). The number of benzene rings is 3. The van der Waals surface area contributed by atoms with Crippen molar-refractivity contribution in [3.8, 4) is 17.1 Å². The van der Waals surface area contributed by atoms with Gasteiger partial charge in [-0.1, -0.05) is 42.5 Å². The van der Waals surface area contributed by atoms with Crippen LogP contribution in [0.4, 0.5) is 4.39 Å². The molecule has 0 saturated heterocycles. The maximum atomic E-state index is 13.8. The molecule has 3 nitrogen and oxygen atoms in total. The molecule has 0 fully saturated rings. The standard InChI is InChI=1S/C21H13FO3/c22-17-10-2-1-8-15(17)21(23)25-19-11-4-7-14-6-3-9-16(20(14)19)18-12-5-13-24-18/h1-13H. The van der Waals surface area contributed by atoms with E-state index in [1.165, 1.54) is 18.2 Å². The Hall–Kier alpha value is -3.40. The first kappa shape index (κ1) is 15.1. The molecule has 4 heteroatoms. The number of halogens is 1. The van der Waals surface area contributed by atoms with Crippen LogP contribution in [0.5, 0.6) is 5.75 Å². The highest BCUT2D eigenvalue weighted by Crippen LogP contribution is 2.35. The van der Waals surface area contributed by atoms with Crippen molar-refractivity contribution in [1.82, 2.24) is 0 Å². The Morgan fingerprint density at radius 3 is 2.44 bits per heavy atom. The van der Waals surface area contributed by atoms with Crippen molar-refractivity contribution in [3.63, 3.8) is 0 Å². The molecule has 0 spiro atoms. The van der Waals surface area contributed by atoms with E-state index in [9.17, 15) is 9.18 Å². The maximum Gasteiger partial charge on any atom is 0.346 e. The molecule has 0 saturated carbocycles. The molecule has 0 aliphatic heterocycles. The van der Waals surface area contributed by atoms with Gasteiger partial charge in [0, 0.05) is 10.9 Å². The average molecular weight is 332 g/mol.